The maximum atomic E-state index is 5.74. The number of hydrogen-bond donors (Lipinski definition) is 1. The van der Waals surface area contributed by atoms with Crippen molar-refractivity contribution < 1.29 is 9.47 Å². The van der Waals surface area contributed by atoms with Gasteiger partial charge in [-0.05, 0) is 18.9 Å². The van der Waals surface area contributed by atoms with Crippen LogP contribution in [0.1, 0.15) is 18.5 Å². The molecule has 1 aliphatic heterocycles. The molecule has 5 heteroatoms. The molecule has 2 heterocycles. The van der Waals surface area contributed by atoms with Gasteiger partial charge in [0, 0.05) is 32.2 Å². The van der Waals surface area contributed by atoms with Crippen LogP contribution in [-0.2, 0) is 22.6 Å². The highest BCUT2D eigenvalue weighted by molar-refractivity contribution is 5.81. The standard InChI is InChI=1S/C16H23N3O2/c1-20-10-8-17-11-15-14-6-2-3-7-16(14)19(18-15)12-13-5-4-9-21-13/h2-3,6-7,13,17H,4-5,8-12H2,1H3. The van der Waals surface area contributed by atoms with E-state index in [1.807, 2.05) is 0 Å². The van der Waals surface area contributed by atoms with Crippen LogP contribution < -0.4 is 5.32 Å². The molecular weight excluding hydrogens is 266 g/mol. The summed E-state index contributed by atoms with van der Waals surface area (Å²) in [5, 5.41) is 9.38. The van der Waals surface area contributed by atoms with E-state index in [0.29, 0.717) is 12.7 Å². The molecule has 21 heavy (non-hydrogen) atoms. The fraction of sp³-hybridized carbons (Fsp3) is 0.562. The minimum Gasteiger partial charge on any atom is -0.383 e. The second-order valence-electron chi connectivity index (χ2n) is 5.45. The van der Waals surface area contributed by atoms with E-state index in [1.54, 1.807) is 7.11 Å². The highest BCUT2D eigenvalue weighted by Gasteiger charge is 2.18. The van der Waals surface area contributed by atoms with Gasteiger partial charge in [0.1, 0.15) is 0 Å². The van der Waals surface area contributed by atoms with Crippen molar-refractivity contribution in [2.45, 2.75) is 32.0 Å². The minimum atomic E-state index is 0.308. The highest BCUT2D eigenvalue weighted by atomic mass is 16.5. The molecule has 1 unspecified atom stereocenters. The number of ether oxygens (including phenoxy) is 2. The molecule has 1 aromatic heterocycles. The maximum Gasteiger partial charge on any atom is 0.0841 e. The van der Waals surface area contributed by atoms with Gasteiger partial charge in [0.25, 0.3) is 0 Å². The molecule has 1 aromatic carbocycles. The molecule has 0 aliphatic carbocycles. The normalized spacial score (nSPS) is 18.6. The number of hydrogen-bond acceptors (Lipinski definition) is 4. The van der Waals surface area contributed by atoms with Crippen molar-refractivity contribution in [3.8, 4) is 0 Å². The van der Waals surface area contributed by atoms with E-state index in [-0.39, 0.29) is 0 Å². The molecule has 1 aliphatic rings. The molecule has 3 rings (SSSR count). The lowest BCUT2D eigenvalue weighted by Gasteiger charge is -2.10. The van der Waals surface area contributed by atoms with Crippen LogP contribution in [0, 0.1) is 0 Å². The van der Waals surface area contributed by atoms with Crippen LogP contribution in [0.15, 0.2) is 24.3 Å². The smallest absolute Gasteiger partial charge is 0.0841 e. The van der Waals surface area contributed by atoms with Gasteiger partial charge in [-0.2, -0.15) is 5.10 Å². The van der Waals surface area contributed by atoms with Gasteiger partial charge in [0.15, 0.2) is 0 Å². The quantitative estimate of drug-likeness (QED) is 0.792. The second kappa shape index (κ2) is 7.02. The lowest BCUT2D eigenvalue weighted by Crippen LogP contribution is -2.20. The molecule has 1 fully saturated rings. The molecule has 1 saturated heterocycles. The number of para-hydroxylation sites is 1. The first-order valence-corrected chi connectivity index (χ1v) is 7.64. The molecule has 0 saturated carbocycles. The third kappa shape index (κ3) is 3.43. The number of nitrogens with one attached hydrogen (secondary N) is 1. The number of nitrogens with zero attached hydrogens (tertiary/aromatic N) is 2. The van der Waals surface area contributed by atoms with Crippen LogP contribution in [0.2, 0.25) is 0 Å². The van der Waals surface area contributed by atoms with Crippen LogP contribution in [-0.4, -0.2) is 42.8 Å². The van der Waals surface area contributed by atoms with Crippen molar-refractivity contribution in [3.05, 3.63) is 30.0 Å². The van der Waals surface area contributed by atoms with Gasteiger partial charge in [-0.25, -0.2) is 0 Å². The monoisotopic (exact) mass is 289 g/mol. The average Bonchev–Trinajstić information content (AvgIpc) is 3.13. The summed E-state index contributed by atoms with van der Waals surface area (Å²) in [6.07, 6.45) is 2.60. The Morgan fingerprint density at radius 3 is 3.14 bits per heavy atom. The predicted octanol–water partition coefficient (Wildman–Crippen LogP) is 1.95. The van der Waals surface area contributed by atoms with Crippen LogP contribution in [0.5, 0.6) is 0 Å². The average molecular weight is 289 g/mol. The van der Waals surface area contributed by atoms with Gasteiger partial charge >= 0.3 is 0 Å². The third-order valence-corrected chi connectivity index (χ3v) is 3.91. The van der Waals surface area contributed by atoms with Gasteiger partial charge in [0.05, 0.1) is 30.5 Å². The minimum absolute atomic E-state index is 0.308. The lowest BCUT2D eigenvalue weighted by molar-refractivity contribution is 0.0950. The molecule has 0 radical (unpaired) electrons. The lowest BCUT2D eigenvalue weighted by atomic mass is 10.2. The van der Waals surface area contributed by atoms with Crippen molar-refractivity contribution in [2.24, 2.45) is 0 Å². The summed E-state index contributed by atoms with van der Waals surface area (Å²) in [6, 6.07) is 8.41. The zero-order valence-corrected chi connectivity index (χ0v) is 12.5. The first-order valence-electron chi connectivity index (χ1n) is 7.64. The van der Waals surface area contributed by atoms with Crippen molar-refractivity contribution in [2.75, 3.05) is 26.9 Å². The fourth-order valence-electron chi connectivity index (χ4n) is 2.83. The van der Waals surface area contributed by atoms with Gasteiger partial charge in [-0.1, -0.05) is 18.2 Å². The maximum absolute atomic E-state index is 5.74. The molecule has 0 bridgehead atoms. The molecule has 114 valence electrons. The summed E-state index contributed by atoms with van der Waals surface area (Å²) < 4.78 is 12.9. The number of fused-ring (bicyclic) bond motifs is 1. The largest absolute Gasteiger partial charge is 0.383 e. The SMILES string of the molecule is COCCNCc1nn(CC2CCCO2)c2ccccc12. The van der Waals surface area contributed by atoms with Crippen LogP contribution in [0.4, 0.5) is 0 Å². The van der Waals surface area contributed by atoms with E-state index in [2.05, 4.69) is 34.3 Å². The Hall–Kier alpha value is -1.43. The van der Waals surface area contributed by atoms with Gasteiger partial charge in [-0.15, -0.1) is 0 Å². The fourth-order valence-corrected chi connectivity index (χ4v) is 2.83. The Bertz CT molecular complexity index is 576. The van der Waals surface area contributed by atoms with E-state index in [4.69, 9.17) is 14.6 Å². The Morgan fingerprint density at radius 2 is 2.33 bits per heavy atom. The van der Waals surface area contributed by atoms with Gasteiger partial charge < -0.3 is 14.8 Å². The van der Waals surface area contributed by atoms with E-state index in [9.17, 15) is 0 Å². The molecule has 0 spiro atoms. The number of rotatable bonds is 7. The second-order valence-corrected chi connectivity index (χ2v) is 5.45. The molecule has 1 atom stereocenters. The van der Waals surface area contributed by atoms with Crippen molar-refractivity contribution in [1.29, 1.82) is 0 Å². The topological polar surface area (TPSA) is 48.3 Å². The van der Waals surface area contributed by atoms with Crippen molar-refractivity contribution in [3.63, 3.8) is 0 Å². The number of aromatic nitrogens is 2. The van der Waals surface area contributed by atoms with Crippen LogP contribution in [0.25, 0.3) is 10.9 Å². The zero-order chi connectivity index (χ0) is 14.5. The summed E-state index contributed by atoms with van der Waals surface area (Å²) in [5.41, 5.74) is 2.29. The van der Waals surface area contributed by atoms with E-state index < -0.39 is 0 Å². The van der Waals surface area contributed by atoms with Crippen LogP contribution >= 0.6 is 0 Å². The Kier molecular flexibility index (Phi) is 4.85. The molecule has 5 nitrogen and oxygen atoms in total. The number of benzene rings is 1. The van der Waals surface area contributed by atoms with E-state index >= 15 is 0 Å². The Balaban J connectivity index is 1.76. The zero-order valence-electron chi connectivity index (χ0n) is 12.5. The summed E-state index contributed by atoms with van der Waals surface area (Å²) >= 11 is 0. The Morgan fingerprint density at radius 1 is 1.43 bits per heavy atom. The molecule has 1 N–H and O–H groups in total. The summed E-state index contributed by atoms with van der Waals surface area (Å²) in [5.74, 6) is 0. The van der Waals surface area contributed by atoms with E-state index in [1.165, 1.54) is 10.9 Å². The first-order chi connectivity index (χ1) is 10.4. The molecular formula is C16H23N3O2. The molecule has 2 aromatic rings. The van der Waals surface area contributed by atoms with E-state index in [0.717, 1.165) is 44.8 Å². The molecule has 0 amide bonds. The summed E-state index contributed by atoms with van der Waals surface area (Å²) in [7, 11) is 1.72. The Labute approximate surface area is 125 Å². The van der Waals surface area contributed by atoms with Crippen LogP contribution in [0.3, 0.4) is 0 Å². The van der Waals surface area contributed by atoms with Gasteiger partial charge in [-0.3, -0.25) is 4.68 Å². The third-order valence-electron chi connectivity index (χ3n) is 3.91. The highest BCUT2D eigenvalue weighted by Crippen LogP contribution is 2.21. The van der Waals surface area contributed by atoms with Crippen molar-refractivity contribution >= 4 is 10.9 Å². The van der Waals surface area contributed by atoms with Gasteiger partial charge in [0.2, 0.25) is 0 Å². The first kappa shape index (κ1) is 14.5. The predicted molar refractivity (Wildman–Crippen MR) is 82.3 cm³/mol. The number of methoxy groups -OCH3 is 1. The van der Waals surface area contributed by atoms with Crippen molar-refractivity contribution in [1.82, 2.24) is 15.1 Å². The summed E-state index contributed by atoms with van der Waals surface area (Å²) in [6.45, 7) is 4.05. The summed E-state index contributed by atoms with van der Waals surface area (Å²) in [4.78, 5) is 0.